The van der Waals surface area contributed by atoms with E-state index in [2.05, 4.69) is 25.8 Å². The molecule has 1 unspecified atom stereocenters. The second-order valence-electron chi connectivity index (χ2n) is 8.64. The third kappa shape index (κ3) is 3.55. The summed E-state index contributed by atoms with van der Waals surface area (Å²) in [5, 5.41) is 13.8. The Bertz CT molecular complexity index is 1460. The molecule has 6 rings (SSSR count). The van der Waals surface area contributed by atoms with Crippen LogP contribution in [0.2, 0.25) is 0 Å². The van der Waals surface area contributed by atoms with Gasteiger partial charge in [0.15, 0.2) is 5.65 Å². The number of halogens is 3. The van der Waals surface area contributed by atoms with E-state index in [1.54, 1.807) is 28.9 Å². The zero-order valence-electron chi connectivity index (χ0n) is 17.6. The second-order valence-corrected chi connectivity index (χ2v) is 8.64. The number of benzene rings is 1. The number of nitrogens with zero attached hydrogens (tertiary/aromatic N) is 5. The van der Waals surface area contributed by atoms with Gasteiger partial charge in [0, 0.05) is 29.6 Å². The predicted molar refractivity (Wildman–Crippen MR) is 113 cm³/mol. The number of hydrogen-bond acceptors (Lipinski definition) is 5. The number of urea groups is 1. The van der Waals surface area contributed by atoms with Crippen molar-refractivity contribution in [3.05, 3.63) is 59.7 Å². The molecule has 2 aliphatic rings. The van der Waals surface area contributed by atoms with Crippen molar-refractivity contribution in [2.45, 2.75) is 36.9 Å². The lowest BCUT2D eigenvalue weighted by Crippen LogP contribution is -2.51. The summed E-state index contributed by atoms with van der Waals surface area (Å²) in [6.07, 6.45) is -0.519. The maximum absolute atomic E-state index is 12.9. The highest BCUT2D eigenvalue weighted by atomic mass is 19.4. The summed E-state index contributed by atoms with van der Waals surface area (Å²) in [4.78, 5) is 28.4. The van der Waals surface area contributed by atoms with E-state index in [1.165, 1.54) is 6.20 Å². The molecule has 3 atom stereocenters. The van der Waals surface area contributed by atoms with Gasteiger partial charge in [0.1, 0.15) is 6.54 Å². The summed E-state index contributed by atoms with van der Waals surface area (Å²) in [5.41, 5.74) is 3.34. The quantitative estimate of drug-likeness (QED) is 0.478. The summed E-state index contributed by atoms with van der Waals surface area (Å²) >= 11 is 0. The van der Waals surface area contributed by atoms with Gasteiger partial charge in [-0.2, -0.15) is 23.4 Å². The number of amides is 3. The van der Waals surface area contributed by atoms with Crippen molar-refractivity contribution in [2.24, 2.45) is 0 Å². The number of aromatic nitrogens is 5. The highest BCUT2D eigenvalue weighted by molar-refractivity contribution is 6.00. The van der Waals surface area contributed by atoms with Gasteiger partial charge >= 0.3 is 12.2 Å². The molecule has 9 nitrogen and oxygen atoms in total. The Morgan fingerprint density at radius 1 is 1.09 bits per heavy atom. The van der Waals surface area contributed by atoms with Crippen LogP contribution in [0, 0.1) is 0 Å². The Morgan fingerprint density at radius 2 is 1.94 bits per heavy atom. The van der Waals surface area contributed by atoms with Crippen LogP contribution in [0.3, 0.4) is 0 Å². The molecule has 34 heavy (non-hydrogen) atoms. The maximum Gasteiger partial charge on any atom is 0.408 e. The van der Waals surface area contributed by atoms with Crippen molar-refractivity contribution in [2.75, 3.05) is 6.54 Å². The van der Waals surface area contributed by atoms with Gasteiger partial charge in [-0.1, -0.05) is 12.1 Å². The van der Waals surface area contributed by atoms with Crippen molar-refractivity contribution in [1.82, 2.24) is 35.0 Å². The first-order valence-electron chi connectivity index (χ1n) is 10.7. The maximum atomic E-state index is 12.9. The van der Waals surface area contributed by atoms with Crippen LogP contribution >= 0.6 is 0 Å². The molecule has 4 heterocycles. The Hall–Kier alpha value is -3.96. The van der Waals surface area contributed by atoms with Gasteiger partial charge in [0.25, 0.3) is 0 Å². The van der Waals surface area contributed by atoms with Crippen LogP contribution in [0.25, 0.3) is 16.6 Å². The van der Waals surface area contributed by atoms with Gasteiger partial charge in [-0.05, 0) is 30.0 Å². The molecule has 12 heteroatoms. The van der Waals surface area contributed by atoms with E-state index in [-0.39, 0.29) is 18.4 Å². The van der Waals surface area contributed by atoms with E-state index >= 15 is 0 Å². The smallest absolute Gasteiger partial charge is 0.337 e. The molecule has 0 radical (unpaired) electrons. The monoisotopic (exact) mass is 469 g/mol. The lowest BCUT2D eigenvalue weighted by Gasteiger charge is -2.22. The van der Waals surface area contributed by atoms with Crippen LogP contribution < -0.4 is 10.6 Å². The molecular formula is C22H18F3N7O2. The van der Waals surface area contributed by atoms with Crippen LogP contribution in [-0.2, 0) is 11.3 Å². The minimum absolute atomic E-state index is 0.0573. The minimum atomic E-state index is -4.36. The first-order chi connectivity index (χ1) is 16.3. The molecule has 0 bridgehead atoms. The van der Waals surface area contributed by atoms with Crippen LogP contribution in [0.5, 0.6) is 0 Å². The van der Waals surface area contributed by atoms with Crippen LogP contribution in [0.4, 0.5) is 18.0 Å². The van der Waals surface area contributed by atoms with Crippen molar-refractivity contribution in [3.63, 3.8) is 0 Å². The van der Waals surface area contributed by atoms with E-state index in [9.17, 15) is 22.8 Å². The fourth-order valence-corrected chi connectivity index (χ4v) is 4.67. The van der Waals surface area contributed by atoms with E-state index in [0.29, 0.717) is 22.2 Å². The van der Waals surface area contributed by atoms with Crippen molar-refractivity contribution in [1.29, 1.82) is 0 Å². The Labute approximate surface area is 189 Å². The summed E-state index contributed by atoms with van der Waals surface area (Å²) in [7, 11) is 0. The molecule has 174 valence electrons. The zero-order chi connectivity index (χ0) is 23.6. The lowest BCUT2D eigenvalue weighted by molar-refractivity contribution is -0.141. The molecule has 3 aromatic heterocycles. The van der Waals surface area contributed by atoms with Crippen molar-refractivity contribution in [3.8, 4) is 0 Å². The number of carbonyl (C=O) groups excluding carboxylic acids is 2. The number of carbonyl (C=O) groups is 2. The molecule has 2 N–H and O–H groups in total. The number of alkyl halides is 3. The largest absolute Gasteiger partial charge is 0.408 e. The summed E-state index contributed by atoms with van der Waals surface area (Å²) in [6.45, 7) is -0.995. The van der Waals surface area contributed by atoms with Crippen molar-refractivity contribution >= 4 is 28.5 Å². The van der Waals surface area contributed by atoms with E-state index in [0.717, 1.165) is 22.4 Å². The normalized spacial score (nSPS) is 22.7. The molecule has 1 aromatic carbocycles. The Kier molecular flexibility index (Phi) is 4.41. The van der Waals surface area contributed by atoms with Crippen LogP contribution in [-0.4, -0.2) is 49.0 Å². The molecule has 4 aromatic rings. The molecule has 0 spiro atoms. The third-order valence-electron chi connectivity index (χ3n) is 6.38. The molecule has 1 aliphatic heterocycles. The average molecular weight is 469 g/mol. The first-order valence-corrected chi connectivity index (χ1v) is 10.7. The van der Waals surface area contributed by atoms with Gasteiger partial charge in [0.05, 0.1) is 29.5 Å². The number of nitrogens with one attached hydrogen (secondary N) is 2. The zero-order valence-corrected chi connectivity index (χ0v) is 17.6. The third-order valence-corrected chi connectivity index (χ3v) is 6.38. The first kappa shape index (κ1) is 20.6. The molecule has 3 amide bonds. The van der Waals surface area contributed by atoms with Crippen molar-refractivity contribution < 1.29 is 22.8 Å². The Morgan fingerprint density at radius 3 is 2.74 bits per heavy atom. The number of imide groups is 1. The molecule has 1 saturated heterocycles. The fourth-order valence-electron chi connectivity index (χ4n) is 4.67. The molecule has 1 saturated carbocycles. The summed E-state index contributed by atoms with van der Waals surface area (Å²) in [6, 6.07) is 8.51. The van der Waals surface area contributed by atoms with Gasteiger partial charge < -0.3 is 5.32 Å². The molecule has 2 fully saturated rings. The number of hydrogen-bond donors (Lipinski definition) is 2. The topological polar surface area (TPSA) is 106 Å². The average Bonchev–Trinajstić information content (AvgIpc) is 3.26. The highest BCUT2D eigenvalue weighted by Crippen LogP contribution is 2.55. The van der Waals surface area contributed by atoms with E-state index < -0.39 is 30.6 Å². The van der Waals surface area contributed by atoms with Gasteiger partial charge in [-0.25, -0.2) is 14.3 Å². The minimum Gasteiger partial charge on any atom is -0.337 e. The van der Waals surface area contributed by atoms with Gasteiger partial charge in [-0.15, -0.1) is 0 Å². The second kappa shape index (κ2) is 7.27. The molecular weight excluding hydrogens is 451 g/mol. The highest BCUT2D eigenvalue weighted by Gasteiger charge is 2.42. The standard InChI is InChI=1S/C22H18F3N7O2/c23-22(24,25)10-31-17-5-11(1-2-12(17)8-28-31)13-6-14(13)18-7-16(29-19-3-4-27-32(18)19)15-9-26-21(34)30-20(15)33/h1-5,7-8,13-15H,6,9-10H2,(H2,26,30,33,34)/t13-,14+,15?/m1/s1. The predicted octanol–water partition coefficient (Wildman–Crippen LogP) is 2.84. The Balaban J connectivity index is 1.34. The molecule has 1 aliphatic carbocycles. The summed E-state index contributed by atoms with van der Waals surface area (Å²) in [5.74, 6) is -0.897. The van der Waals surface area contributed by atoms with E-state index in [1.807, 2.05) is 12.1 Å². The van der Waals surface area contributed by atoms with Gasteiger partial charge in [0.2, 0.25) is 5.91 Å². The summed E-state index contributed by atoms with van der Waals surface area (Å²) < 4.78 is 41.5. The van der Waals surface area contributed by atoms with Gasteiger partial charge in [-0.3, -0.25) is 14.8 Å². The SMILES string of the molecule is O=C1NCC(c2cc([C@H]3C[C@@H]3c3ccc4cnn(CC(F)(F)F)c4c3)n3nccc3n2)C(=O)N1. The lowest BCUT2D eigenvalue weighted by atomic mass is 10.00. The van der Waals surface area contributed by atoms with Crippen LogP contribution in [0.15, 0.2) is 42.7 Å². The fraction of sp³-hybridized carbons (Fsp3) is 0.318. The number of fused-ring (bicyclic) bond motifs is 2. The van der Waals surface area contributed by atoms with E-state index in [4.69, 9.17) is 0 Å². The number of rotatable bonds is 4. The van der Waals surface area contributed by atoms with Crippen LogP contribution in [0.1, 0.15) is 41.1 Å².